The highest BCUT2D eigenvalue weighted by Crippen LogP contribution is 2.65. The number of hydrogen-bond donors (Lipinski definition) is 0. The number of hydrogen-bond acceptors (Lipinski definition) is 2. The number of likely N-dealkylation sites (N-methyl/N-ethyl adjacent to an activating group) is 1. The third kappa shape index (κ3) is 3.61. The Labute approximate surface area is 188 Å². The summed E-state index contributed by atoms with van der Waals surface area (Å²) in [6, 6.07) is 21.3. The van der Waals surface area contributed by atoms with E-state index >= 15 is 0 Å². The second-order valence-electron chi connectivity index (χ2n) is 11.1. The monoisotopic (exact) mass is 414 g/mol. The van der Waals surface area contributed by atoms with Gasteiger partial charge in [0.15, 0.2) is 0 Å². The van der Waals surface area contributed by atoms with Gasteiger partial charge in [0.05, 0.1) is 0 Å². The van der Waals surface area contributed by atoms with Crippen LogP contribution in [0.25, 0.3) is 0 Å². The zero-order valence-corrected chi connectivity index (χ0v) is 19.2. The van der Waals surface area contributed by atoms with E-state index in [-0.39, 0.29) is 0 Å². The fourth-order valence-electron chi connectivity index (χ4n) is 8.28. The van der Waals surface area contributed by atoms with Gasteiger partial charge in [-0.1, -0.05) is 49.4 Å². The second-order valence-corrected chi connectivity index (χ2v) is 11.1. The molecular weight excluding hydrogens is 376 g/mol. The lowest BCUT2D eigenvalue weighted by Gasteiger charge is -2.60. The van der Waals surface area contributed by atoms with Crippen molar-refractivity contribution in [1.82, 2.24) is 4.90 Å². The highest BCUT2D eigenvalue weighted by atomic mass is 15.3. The smallest absolute Gasteiger partial charge is 0.0367 e. The third-order valence-corrected chi connectivity index (χ3v) is 9.24. The zero-order chi connectivity index (χ0) is 20.8. The Morgan fingerprint density at radius 1 is 0.742 bits per heavy atom. The molecule has 1 atom stereocenters. The molecule has 2 nitrogen and oxygen atoms in total. The van der Waals surface area contributed by atoms with Crippen LogP contribution in [0.4, 0.5) is 5.69 Å². The molecule has 1 aliphatic heterocycles. The number of anilines is 1. The SMILES string of the molecule is CCN1CCN(c2ccc(C(c3ccccc3)C34CC5CC(CC(C5)C3)C4)cc2)CC1. The summed E-state index contributed by atoms with van der Waals surface area (Å²) in [5, 5.41) is 0. The fourth-order valence-corrected chi connectivity index (χ4v) is 8.28. The van der Waals surface area contributed by atoms with E-state index in [4.69, 9.17) is 0 Å². The zero-order valence-electron chi connectivity index (χ0n) is 19.2. The first-order valence-electron chi connectivity index (χ1n) is 12.8. The summed E-state index contributed by atoms with van der Waals surface area (Å²) in [6.07, 6.45) is 8.92. The van der Waals surface area contributed by atoms with Crippen LogP contribution in [0.2, 0.25) is 0 Å². The molecule has 5 aliphatic rings. The van der Waals surface area contributed by atoms with Gasteiger partial charge in [-0.15, -0.1) is 0 Å². The van der Waals surface area contributed by atoms with Crippen LogP contribution in [0.15, 0.2) is 54.6 Å². The van der Waals surface area contributed by atoms with Crippen molar-refractivity contribution in [2.75, 3.05) is 37.6 Å². The van der Waals surface area contributed by atoms with E-state index in [1.807, 2.05) is 0 Å². The van der Waals surface area contributed by atoms with Crippen molar-refractivity contribution in [2.45, 2.75) is 51.4 Å². The molecule has 4 saturated carbocycles. The van der Waals surface area contributed by atoms with Crippen LogP contribution in [-0.2, 0) is 0 Å². The maximum atomic E-state index is 2.58. The molecule has 4 bridgehead atoms. The van der Waals surface area contributed by atoms with Crippen molar-refractivity contribution >= 4 is 5.69 Å². The molecule has 31 heavy (non-hydrogen) atoms. The molecule has 1 saturated heterocycles. The highest BCUT2D eigenvalue weighted by Gasteiger charge is 2.54. The minimum atomic E-state index is 0.490. The van der Waals surface area contributed by atoms with Crippen molar-refractivity contribution in [1.29, 1.82) is 0 Å². The summed E-state index contributed by atoms with van der Waals surface area (Å²) in [4.78, 5) is 5.14. The van der Waals surface area contributed by atoms with E-state index in [9.17, 15) is 0 Å². The van der Waals surface area contributed by atoms with Crippen LogP contribution < -0.4 is 4.90 Å². The molecule has 164 valence electrons. The van der Waals surface area contributed by atoms with Gasteiger partial charge in [0.25, 0.3) is 0 Å². The van der Waals surface area contributed by atoms with Crippen molar-refractivity contribution < 1.29 is 0 Å². The first-order chi connectivity index (χ1) is 15.2. The molecule has 4 aliphatic carbocycles. The van der Waals surface area contributed by atoms with Gasteiger partial charge in [-0.05, 0) is 91.5 Å². The fraction of sp³-hybridized carbons (Fsp3) is 0.586. The van der Waals surface area contributed by atoms with Crippen LogP contribution >= 0.6 is 0 Å². The summed E-state index contributed by atoms with van der Waals surface area (Å²) in [6.45, 7) is 8.15. The van der Waals surface area contributed by atoms with Crippen molar-refractivity contribution in [3.63, 3.8) is 0 Å². The van der Waals surface area contributed by atoms with Gasteiger partial charge < -0.3 is 9.80 Å². The maximum absolute atomic E-state index is 2.58. The van der Waals surface area contributed by atoms with Crippen molar-refractivity contribution in [2.24, 2.45) is 23.2 Å². The number of benzene rings is 2. The van der Waals surface area contributed by atoms with Gasteiger partial charge in [-0.25, -0.2) is 0 Å². The molecule has 2 aromatic carbocycles. The Balaban J connectivity index is 1.31. The molecule has 2 aromatic rings. The summed E-state index contributed by atoms with van der Waals surface area (Å²) < 4.78 is 0. The Kier molecular flexibility index (Phi) is 5.10. The van der Waals surface area contributed by atoms with Gasteiger partial charge in [-0.3, -0.25) is 0 Å². The second kappa shape index (κ2) is 7.96. The van der Waals surface area contributed by atoms with Gasteiger partial charge in [0.2, 0.25) is 0 Å². The summed E-state index contributed by atoms with van der Waals surface area (Å²) in [5.74, 6) is 3.54. The molecule has 0 radical (unpaired) electrons. The number of piperazine rings is 1. The molecule has 5 fully saturated rings. The van der Waals surface area contributed by atoms with E-state index < -0.39 is 0 Å². The average molecular weight is 415 g/mol. The molecule has 0 spiro atoms. The van der Waals surface area contributed by atoms with Crippen LogP contribution in [0.5, 0.6) is 0 Å². The average Bonchev–Trinajstić information content (AvgIpc) is 2.79. The van der Waals surface area contributed by atoms with Crippen LogP contribution in [0.3, 0.4) is 0 Å². The van der Waals surface area contributed by atoms with Gasteiger partial charge in [0, 0.05) is 37.8 Å². The first-order valence-corrected chi connectivity index (χ1v) is 12.8. The quantitative estimate of drug-likeness (QED) is 0.577. The predicted octanol–water partition coefficient (Wildman–Crippen LogP) is 6.18. The summed E-state index contributed by atoms with van der Waals surface area (Å²) in [5.41, 5.74) is 5.01. The predicted molar refractivity (Wildman–Crippen MR) is 130 cm³/mol. The lowest BCUT2D eigenvalue weighted by molar-refractivity contribution is -0.0618. The minimum absolute atomic E-state index is 0.490. The van der Waals surface area contributed by atoms with E-state index in [1.165, 1.54) is 63.8 Å². The van der Waals surface area contributed by atoms with E-state index in [0.717, 1.165) is 30.8 Å². The maximum Gasteiger partial charge on any atom is 0.0367 e. The Hall–Kier alpha value is -1.80. The summed E-state index contributed by atoms with van der Waals surface area (Å²) >= 11 is 0. The lowest BCUT2D eigenvalue weighted by Crippen LogP contribution is -2.49. The Bertz CT molecular complexity index is 843. The van der Waals surface area contributed by atoms with E-state index in [0.29, 0.717) is 11.3 Å². The van der Waals surface area contributed by atoms with Gasteiger partial charge in [-0.2, -0.15) is 0 Å². The molecule has 1 unspecified atom stereocenters. The molecule has 0 amide bonds. The molecular formula is C29H38N2. The Morgan fingerprint density at radius 2 is 1.29 bits per heavy atom. The van der Waals surface area contributed by atoms with Crippen molar-refractivity contribution in [3.8, 4) is 0 Å². The number of nitrogens with zero attached hydrogens (tertiary/aromatic N) is 2. The normalized spacial score (nSPS) is 33.6. The van der Waals surface area contributed by atoms with Crippen LogP contribution in [0.1, 0.15) is 62.5 Å². The lowest BCUT2D eigenvalue weighted by atomic mass is 9.45. The minimum Gasteiger partial charge on any atom is -0.369 e. The highest BCUT2D eigenvalue weighted by molar-refractivity contribution is 5.50. The molecule has 0 N–H and O–H groups in total. The largest absolute Gasteiger partial charge is 0.369 e. The molecule has 2 heteroatoms. The van der Waals surface area contributed by atoms with E-state index in [1.54, 1.807) is 11.1 Å². The van der Waals surface area contributed by atoms with Crippen LogP contribution in [0, 0.1) is 23.2 Å². The Morgan fingerprint density at radius 3 is 1.84 bits per heavy atom. The number of rotatable bonds is 5. The van der Waals surface area contributed by atoms with Gasteiger partial charge in [0.1, 0.15) is 0 Å². The third-order valence-electron chi connectivity index (χ3n) is 9.24. The molecule has 0 aromatic heterocycles. The van der Waals surface area contributed by atoms with Crippen molar-refractivity contribution in [3.05, 3.63) is 65.7 Å². The summed E-state index contributed by atoms with van der Waals surface area (Å²) in [7, 11) is 0. The topological polar surface area (TPSA) is 6.48 Å². The molecule has 7 rings (SSSR count). The van der Waals surface area contributed by atoms with Crippen LogP contribution in [-0.4, -0.2) is 37.6 Å². The van der Waals surface area contributed by atoms with E-state index in [2.05, 4.69) is 71.3 Å². The standard InChI is InChI=1S/C29H38N2/c1-2-30-12-14-31(15-13-30)27-10-8-26(9-11-27)28(25-6-4-3-5-7-25)29-19-22-16-23(20-29)18-24(17-22)21-29/h3-11,22-24,28H,2,12-21H2,1H3. The molecule has 1 heterocycles. The van der Waals surface area contributed by atoms with Gasteiger partial charge >= 0.3 is 0 Å². The first kappa shape index (κ1) is 19.9.